The van der Waals surface area contributed by atoms with E-state index >= 15 is 0 Å². The van der Waals surface area contributed by atoms with Crippen molar-refractivity contribution in [2.45, 2.75) is 0 Å². The normalized spacial score (nSPS) is 15.2. The molecule has 8 heteroatoms. The van der Waals surface area contributed by atoms with E-state index in [1.807, 2.05) is 42.6 Å². The van der Waals surface area contributed by atoms with E-state index in [0.717, 1.165) is 76.7 Å². The summed E-state index contributed by atoms with van der Waals surface area (Å²) in [6, 6.07) is 14.0. The molecule has 0 bridgehead atoms. The Balaban J connectivity index is 1.44. The van der Waals surface area contributed by atoms with Crippen molar-refractivity contribution in [1.82, 2.24) is 35.0 Å². The molecule has 2 N–H and O–H groups in total. The quantitative estimate of drug-likeness (QED) is 0.474. The second-order valence-electron chi connectivity index (χ2n) is 7.95. The average molecular weight is 410 g/mol. The Bertz CT molecular complexity index is 1360. The van der Waals surface area contributed by atoms with Gasteiger partial charge in [-0.25, -0.2) is 9.97 Å². The zero-order chi connectivity index (χ0) is 20.8. The van der Waals surface area contributed by atoms with Gasteiger partial charge in [0, 0.05) is 44.0 Å². The highest BCUT2D eigenvalue weighted by molar-refractivity contribution is 5.98. The van der Waals surface area contributed by atoms with Crippen LogP contribution in [0.1, 0.15) is 0 Å². The van der Waals surface area contributed by atoms with Gasteiger partial charge in [0.05, 0.1) is 28.1 Å². The lowest BCUT2D eigenvalue weighted by Crippen LogP contribution is -2.44. The number of fused-ring (bicyclic) bond motifs is 2. The zero-order valence-corrected chi connectivity index (χ0v) is 17.2. The molecule has 5 aromatic heterocycles. The van der Waals surface area contributed by atoms with Crippen LogP contribution in [-0.2, 0) is 0 Å². The van der Waals surface area contributed by atoms with Crippen LogP contribution in [0, 0.1) is 0 Å². The van der Waals surface area contributed by atoms with E-state index < -0.39 is 0 Å². The molecule has 6 rings (SSSR count). The van der Waals surface area contributed by atoms with E-state index in [0.29, 0.717) is 0 Å². The molecule has 1 fully saturated rings. The van der Waals surface area contributed by atoms with Crippen molar-refractivity contribution in [2.75, 3.05) is 38.1 Å². The molecule has 0 spiro atoms. The van der Waals surface area contributed by atoms with Crippen LogP contribution in [0.2, 0.25) is 0 Å². The van der Waals surface area contributed by atoms with Gasteiger partial charge in [-0.05, 0) is 43.4 Å². The molecule has 154 valence electrons. The lowest BCUT2D eigenvalue weighted by molar-refractivity contribution is 0.312. The Hall–Kier alpha value is -3.78. The second-order valence-corrected chi connectivity index (χ2v) is 7.95. The summed E-state index contributed by atoms with van der Waals surface area (Å²) in [6.07, 6.45) is 3.65. The predicted octanol–water partition coefficient (Wildman–Crippen LogP) is 3.32. The summed E-state index contributed by atoms with van der Waals surface area (Å²) >= 11 is 0. The first kappa shape index (κ1) is 18.0. The average Bonchev–Trinajstić information content (AvgIpc) is 3.43. The van der Waals surface area contributed by atoms with Crippen molar-refractivity contribution in [3.05, 3.63) is 54.9 Å². The Morgan fingerprint density at radius 3 is 2.61 bits per heavy atom. The highest BCUT2D eigenvalue weighted by atomic mass is 15.3. The summed E-state index contributed by atoms with van der Waals surface area (Å²) < 4.78 is 0. The Labute approximate surface area is 179 Å². The van der Waals surface area contributed by atoms with E-state index in [2.05, 4.69) is 43.1 Å². The van der Waals surface area contributed by atoms with Gasteiger partial charge in [0.1, 0.15) is 17.0 Å². The van der Waals surface area contributed by atoms with Crippen molar-refractivity contribution >= 4 is 27.8 Å². The van der Waals surface area contributed by atoms with Crippen LogP contribution in [0.3, 0.4) is 0 Å². The number of pyridine rings is 3. The maximum absolute atomic E-state index is 4.86. The first-order valence-electron chi connectivity index (χ1n) is 10.4. The first-order chi connectivity index (χ1) is 15.3. The van der Waals surface area contributed by atoms with E-state index in [9.17, 15) is 0 Å². The van der Waals surface area contributed by atoms with Crippen molar-refractivity contribution in [3.63, 3.8) is 0 Å². The standard InChI is InChI=1S/C23H22N8/c1-30-10-12-31(13-11-30)23-15-14-20(26-16(15)7-9-25-23)22-21-19(28-29-22)6-5-18(27-21)17-4-2-3-8-24-17/h2-9,14,26H,10-13H2,1H3,(H,28,29). The maximum Gasteiger partial charge on any atom is 0.138 e. The second kappa shape index (κ2) is 7.17. The van der Waals surface area contributed by atoms with E-state index in [4.69, 9.17) is 9.97 Å². The van der Waals surface area contributed by atoms with Crippen molar-refractivity contribution in [1.29, 1.82) is 0 Å². The Morgan fingerprint density at radius 2 is 1.77 bits per heavy atom. The summed E-state index contributed by atoms with van der Waals surface area (Å²) in [7, 11) is 2.16. The lowest BCUT2D eigenvalue weighted by atomic mass is 10.2. The number of rotatable bonds is 3. The highest BCUT2D eigenvalue weighted by Crippen LogP contribution is 2.32. The molecule has 5 aromatic rings. The minimum Gasteiger partial charge on any atom is -0.353 e. The van der Waals surface area contributed by atoms with Gasteiger partial charge in [0.25, 0.3) is 0 Å². The van der Waals surface area contributed by atoms with Gasteiger partial charge in [-0.15, -0.1) is 0 Å². The molecular formula is C23H22N8. The molecule has 8 nitrogen and oxygen atoms in total. The van der Waals surface area contributed by atoms with Crippen LogP contribution < -0.4 is 4.90 Å². The summed E-state index contributed by atoms with van der Waals surface area (Å²) in [6.45, 7) is 4.03. The molecule has 0 unspecified atom stereocenters. The predicted molar refractivity (Wildman–Crippen MR) is 122 cm³/mol. The molecule has 1 saturated heterocycles. The number of piperazine rings is 1. The third-order valence-corrected chi connectivity index (χ3v) is 5.92. The SMILES string of the molecule is CN1CCN(c2nccc3[nH]c(-c4n[nH]c5ccc(-c6ccccn6)nc45)cc23)CC1. The Morgan fingerprint density at radius 1 is 0.871 bits per heavy atom. The number of hydrogen-bond acceptors (Lipinski definition) is 6. The molecule has 0 aliphatic carbocycles. The largest absolute Gasteiger partial charge is 0.353 e. The van der Waals surface area contributed by atoms with Gasteiger partial charge in [-0.1, -0.05) is 6.07 Å². The van der Waals surface area contributed by atoms with Crippen LogP contribution in [0.15, 0.2) is 54.9 Å². The molecule has 6 heterocycles. The van der Waals surface area contributed by atoms with E-state index in [1.165, 1.54) is 0 Å². The monoisotopic (exact) mass is 410 g/mol. The van der Waals surface area contributed by atoms with Crippen LogP contribution in [0.4, 0.5) is 5.82 Å². The topological polar surface area (TPSA) is 89.6 Å². The summed E-state index contributed by atoms with van der Waals surface area (Å²) in [4.78, 5) is 22.2. The molecule has 31 heavy (non-hydrogen) atoms. The number of H-pyrrole nitrogens is 2. The minimum absolute atomic E-state index is 0.799. The van der Waals surface area contributed by atoms with Crippen molar-refractivity contribution in [2.24, 2.45) is 0 Å². The van der Waals surface area contributed by atoms with Crippen molar-refractivity contribution < 1.29 is 0 Å². The number of hydrogen-bond donors (Lipinski definition) is 2. The van der Waals surface area contributed by atoms with E-state index in [1.54, 1.807) is 6.20 Å². The lowest BCUT2D eigenvalue weighted by Gasteiger charge is -2.33. The van der Waals surface area contributed by atoms with Gasteiger partial charge in [0.15, 0.2) is 0 Å². The number of nitrogens with zero attached hydrogens (tertiary/aromatic N) is 6. The van der Waals surface area contributed by atoms with Crippen LogP contribution >= 0.6 is 0 Å². The van der Waals surface area contributed by atoms with Gasteiger partial charge in [-0.2, -0.15) is 5.10 Å². The fourth-order valence-corrected chi connectivity index (χ4v) is 4.18. The van der Waals surface area contributed by atoms with Crippen LogP contribution in [0.25, 0.3) is 44.7 Å². The molecule has 0 saturated carbocycles. The highest BCUT2D eigenvalue weighted by Gasteiger charge is 2.20. The smallest absolute Gasteiger partial charge is 0.138 e. The number of aromatic nitrogens is 6. The van der Waals surface area contributed by atoms with Gasteiger partial charge < -0.3 is 14.8 Å². The third-order valence-electron chi connectivity index (χ3n) is 5.92. The molecule has 0 atom stereocenters. The molecule has 0 amide bonds. The number of nitrogens with one attached hydrogen (secondary N) is 2. The van der Waals surface area contributed by atoms with Crippen molar-refractivity contribution in [3.8, 4) is 22.8 Å². The third kappa shape index (κ3) is 3.12. The number of likely N-dealkylation sites (N-methyl/N-ethyl adjacent to an activating group) is 1. The van der Waals surface area contributed by atoms with Gasteiger partial charge in [-0.3, -0.25) is 10.1 Å². The van der Waals surface area contributed by atoms with Gasteiger partial charge >= 0.3 is 0 Å². The van der Waals surface area contributed by atoms with Crippen LogP contribution in [-0.4, -0.2) is 68.3 Å². The molecule has 1 aliphatic heterocycles. The summed E-state index contributed by atoms with van der Waals surface area (Å²) in [5.41, 5.74) is 6.16. The number of aromatic amines is 2. The maximum atomic E-state index is 4.86. The Kier molecular flexibility index (Phi) is 4.17. The summed E-state index contributed by atoms with van der Waals surface area (Å²) in [5, 5.41) is 8.79. The molecule has 1 aliphatic rings. The fourth-order valence-electron chi connectivity index (χ4n) is 4.18. The zero-order valence-electron chi connectivity index (χ0n) is 17.2. The molecular weight excluding hydrogens is 388 g/mol. The summed E-state index contributed by atoms with van der Waals surface area (Å²) in [5.74, 6) is 1.02. The number of anilines is 1. The minimum atomic E-state index is 0.799. The van der Waals surface area contributed by atoms with Gasteiger partial charge in [0.2, 0.25) is 0 Å². The first-order valence-corrected chi connectivity index (χ1v) is 10.4. The molecule has 0 radical (unpaired) electrons. The van der Waals surface area contributed by atoms with E-state index in [-0.39, 0.29) is 0 Å². The molecule has 0 aromatic carbocycles. The van der Waals surface area contributed by atoms with Crippen LogP contribution in [0.5, 0.6) is 0 Å². The fraction of sp³-hybridized carbons (Fsp3) is 0.217.